The molecule has 0 N–H and O–H groups in total. The SMILES string of the molecule is CC1(c2ccccc2)c2ccccc2-c2ccc(N(c3cccc(-c4cccc5sc6ccccc6c45)c3)C3CC=CC=C3c3cccc4cccc(-c5ccccc5)c34)cc21. The Hall–Kier alpha value is -7.26. The molecule has 0 saturated carbocycles. The van der Waals surface area contributed by atoms with Gasteiger partial charge in [0.05, 0.1) is 6.04 Å². The summed E-state index contributed by atoms with van der Waals surface area (Å²) in [6, 6.07) is 76.8. The van der Waals surface area contributed by atoms with Gasteiger partial charge in [-0.25, -0.2) is 0 Å². The van der Waals surface area contributed by atoms with E-state index in [-0.39, 0.29) is 11.5 Å². The minimum atomic E-state index is -0.322. The maximum absolute atomic E-state index is 2.64. The number of hydrogen-bond donors (Lipinski definition) is 0. The maximum atomic E-state index is 2.64. The zero-order valence-electron chi connectivity index (χ0n) is 34.5. The van der Waals surface area contributed by atoms with Crippen LogP contribution >= 0.6 is 11.3 Å². The van der Waals surface area contributed by atoms with Crippen LogP contribution in [0.25, 0.3) is 69.9 Å². The van der Waals surface area contributed by atoms with Crippen molar-refractivity contribution in [2.24, 2.45) is 0 Å². The molecule has 9 aromatic carbocycles. The Morgan fingerprint density at radius 2 is 1.11 bits per heavy atom. The van der Waals surface area contributed by atoms with E-state index in [1.807, 2.05) is 11.3 Å². The lowest BCUT2D eigenvalue weighted by molar-refractivity contribution is 0.712. The van der Waals surface area contributed by atoms with E-state index >= 15 is 0 Å². The van der Waals surface area contributed by atoms with Crippen molar-refractivity contribution >= 4 is 59.2 Å². The third-order valence-corrected chi connectivity index (χ3v) is 14.6. The molecule has 2 atom stereocenters. The van der Waals surface area contributed by atoms with Gasteiger partial charge in [0.15, 0.2) is 0 Å². The number of hydrogen-bond acceptors (Lipinski definition) is 2. The minimum Gasteiger partial charge on any atom is -0.334 e. The van der Waals surface area contributed by atoms with Crippen molar-refractivity contribution < 1.29 is 0 Å². The van der Waals surface area contributed by atoms with Crippen LogP contribution in [-0.4, -0.2) is 6.04 Å². The van der Waals surface area contributed by atoms with Crippen molar-refractivity contribution in [3.05, 3.63) is 247 Å². The van der Waals surface area contributed by atoms with Gasteiger partial charge in [0, 0.05) is 37.0 Å². The van der Waals surface area contributed by atoms with Gasteiger partial charge in [-0.2, -0.15) is 0 Å². The van der Waals surface area contributed by atoms with E-state index in [1.54, 1.807) is 0 Å². The van der Waals surface area contributed by atoms with E-state index in [4.69, 9.17) is 0 Å². The predicted molar refractivity (Wildman–Crippen MR) is 266 cm³/mol. The van der Waals surface area contributed by atoms with Crippen LogP contribution in [0.15, 0.2) is 224 Å². The summed E-state index contributed by atoms with van der Waals surface area (Å²) in [5.74, 6) is 0. The number of allylic oxidation sites excluding steroid dienone is 2. The lowest BCUT2D eigenvalue weighted by atomic mass is 9.74. The number of benzene rings is 9. The van der Waals surface area contributed by atoms with Gasteiger partial charge in [0.1, 0.15) is 0 Å². The van der Waals surface area contributed by atoms with E-state index in [9.17, 15) is 0 Å². The summed E-state index contributed by atoms with van der Waals surface area (Å²) in [7, 11) is 0. The van der Waals surface area contributed by atoms with Crippen molar-refractivity contribution in [1.82, 2.24) is 0 Å². The largest absolute Gasteiger partial charge is 0.334 e. The van der Waals surface area contributed by atoms with Gasteiger partial charge in [-0.1, -0.05) is 188 Å². The molecular formula is C60H43NS. The fourth-order valence-electron chi connectivity index (χ4n) is 10.6. The van der Waals surface area contributed by atoms with Gasteiger partial charge in [0.25, 0.3) is 0 Å². The zero-order chi connectivity index (χ0) is 41.2. The summed E-state index contributed by atoms with van der Waals surface area (Å²) >= 11 is 1.88. The molecule has 2 unspecified atom stereocenters. The van der Waals surface area contributed by atoms with E-state index in [2.05, 4.69) is 236 Å². The van der Waals surface area contributed by atoms with Crippen LogP contribution in [-0.2, 0) is 5.41 Å². The molecule has 1 aromatic heterocycles. The van der Waals surface area contributed by atoms with Crippen molar-refractivity contribution in [3.8, 4) is 33.4 Å². The third-order valence-electron chi connectivity index (χ3n) is 13.5. The van der Waals surface area contributed by atoms with Crippen LogP contribution in [0.2, 0.25) is 0 Å². The highest BCUT2D eigenvalue weighted by Gasteiger charge is 2.41. The Morgan fingerprint density at radius 3 is 1.97 bits per heavy atom. The van der Waals surface area contributed by atoms with Crippen molar-refractivity contribution in [1.29, 1.82) is 0 Å². The molecule has 10 aromatic rings. The van der Waals surface area contributed by atoms with Gasteiger partial charge in [-0.15, -0.1) is 11.3 Å². The quantitative estimate of drug-likeness (QED) is 0.155. The van der Waals surface area contributed by atoms with Crippen molar-refractivity contribution in [2.45, 2.75) is 24.8 Å². The lowest BCUT2D eigenvalue weighted by Gasteiger charge is -2.38. The molecule has 0 spiro atoms. The van der Waals surface area contributed by atoms with Gasteiger partial charge >= 0.3 is 0 Å². The molecule has 2 aliphatic carbocycles. The topological polar surface area (TPSA) is 3.24 Å². The molecule has 0 amide bonds. The Bertz CT molecular complexity index is 3400. The standard InChI is InChI=1S/C60H43NS/c1-60(43-23-6-3-7-24-43)53-32-11-8-26-48(53)49-37-36-45(39-54(49)60)61(44-25-14-22-42(38-44)47-30-17-35-57-59(47)52-28-10-13-34-56(52)62-57)55-33-12-9-27-50(55)51-31-16-21-41-20-15-29-46(58(41)51)40-18-4-2-5-19-40/h2-32,34-39,55H,33H2,1H3. The fraction of sp³-hybridized carbons (Fsp3) is 0.0667. The molecule has 1 nitrogen and oxygen atoms in total. The highest BCUT2D eigenvalue weighted by molar-refractivity contribution is 7.25. The average Bonchev–Trinajstić information content (AvgIpc) is 3.85. The molecule has 0 radical (unpaired) electrons. The molecule has 2 heteroatoms. The highest BCUT2D eigenvalue weighted by atomic mass is 32.1. The molecule has 2 aliphatic rings. The van der Waals surface area contributed by atoms with Crippen molar-refractivity contribution in [3.63, 3.8) is 0 Å². The van der Waals surface area contributed by atoms with Gasteiger partial charge in [-0.05, 0) is 122 Å². The van der Waals surface area contributed by atoms with E-state index < -0.39 is 0 Å². The minimum absolute atomic E-state index is 0.00672. The first-order chi connectivity index (χ1) is 30.6. The maximum Gasteiger partial charge on any atom is 0.0632 e. The smallest absolute Gasteiger partial charge is 0.0632 e. The average molecular weight is 810 g/mol. The molecule has 62 heavy (non-hydrogen) atoms. The Kier molecular flexibility index (Phi) is 8.69. The summed E-state index contributed by atoms with van der Waals surface area (Å²) in [5.41, 5.74) is 16.2. The van der Waals surface area contributed by atoms with Crippen LogP contribution in [0.4, 0.5) is 11.4 Å². The van der Waals surface area contributed by atoms with E-state index in [1.165, 1.54) is 104 Å². The summed E-state index contributed by atoms with van der Waals surface area (Å²) in [5, 5.41) is 5.18. The fourth-order valence-corrected chi connectivity index (χ4v) is 11.8. The molecule has 1 heterocycles. The molecular weight excluding hydrogens is 767 g/mol. The Morgan fingerprint density at radius 1 is 0.484 bits per heavy atom. The molecule has 12 rings (SSSR count). The first-order valence-electron chi connectivity index (χ1n) is 21.7. The highest BCUT2D eigenvalue weighted by Crippen LogP contribution is 2.54. The number of anilines is 2. The number of rotatable bonds is 7. The third kappa shape index (κ3) is 5.75. The van der Waals surface area contributed by atoms with Crippen LogP contribution in [0.3, 0.4) is 0 Å². The molecule has 0 saturated heterocycles. The van der Waals surface area contributed by atoms with Gasteiger partial charge in [0.2, 0.25) is 0 Å². The number of fused-ring (bicyclic) bond motifs is 7. The van der Waals surface area contributed by atoms with E-state index in [0.29, 0.717) is 0 Å². The van der Waals surface area contributed by atoms with Crippen LogP contribution in [0, 0.1) is 0 Å². The number of thiophene rings is 1. The summed E-state index contributed by atoms with van der Waals surface area (Å²) in [4.78, 5) is 2.64. The first kappa shape index (κ1) is 36.6. The van der Waals surface area contributed by atoms with Crippen molar-refractivity contribution in [2.75, 3.05) is 4.90 Å². The van der Waals surface area contributed by atoms with Crippen LogP contribution < -0.4 is 4.90 Å². The predicted octanol–water partition coefficient (Wildman–Crippen LogP) is 16.4. The van der Waals surface area contributed by atoms with Crippen LogP contribution in [0.5, 0.6) is 0 Å². The monoisotopic (exact) mass is 809 g/mol. The second-order valence-electron chi connectivity index (χ2n) is 16.8. The normalized spacial score (nSPS) is 16.7. The molecule has 0 fully saturated rings. The Labute approximate surface area is 367 Å². The Balaban J connectivity index is 1.09. The second kappa shape index (κ2) is 14.7. The molecule has 0 bridgehead atoms. The summed E-state index contributed by atoms with van der Waals surface area (Å²) < 4.78 is 2.64. The number of nitrogens with zero attached hydrogens (tertiary/aromatic N) is 1. The molecule has 0 aliphatic heterocycles. The molecule has 294 valence electrons. The van der Waals surface area contributed by atoms with Gasteiger partial charge in [-0.3, -0.25) is 0 Å². The van der Waals surface area contributed by atoms with Crippen LogP contribution in [0.1, 0.15) is 35.6 Å². The zero-order valence-corrected chi connectivity index (χ0v) is 35.3. The second-order valence-corrected chi connectivity index (χ2v) is 17.9. The first-order valence-corrected chi connectivity index (χ1v) is 22.5. The summed E-state index contributed by atoms with van der Waals surface area (Å²) in [6.45, 7) is 2.42. The lowest BCUT2D eigenvalue weighted by Crippen LogP contribution is -2.33. The van der Waals surface area contributed by atoms with E-state index in [0.717, 1.165) is 6.42 Å². The summed E-state index contributed by atoms with van der Waals surface area (Å²) in [6.07, 6.45) is 7.84. The van der Waals surface area contributed by atoms with Gasteiger partial charge < -0.3 is 4.90 Å².